The van der Waals surface area contributed by atoms with Gasteiger partial charge in [-0.15, -0.1) is 0 Å². The maximum atomic E-state index is 6.39. The molecule has 0 radical (unpaired) electrons. The van der Waals surface area contributed by atoms with Gasteiger partial charge in [-0.3, -0.25) is 0 Å². The molecule has 84 valence electrons. The minimum atomic E-state index is -1.34. The molecule has 0 N–H and O–H groups in total. The molecule has 0 unspecified atom stereocenters. The molecule has 2 aromatic carbocycles. The Morgan fingerprint density at radius 3 is 2.38 bits per heavy atom. The van der Waals surface area contributed by atoms with Gasteiger partial charge in [-0.1, -0.05) is 55.5 Å². The van der Waals surface area contributed by atoms with Crippen LogP contribution in [0.5, 0.6) is 0 Å². The summed E-state index contributed by atoms with van der Waals surface area (Å²) in [5, 5.41) is 4.87. The van der Waals surface area contributed by atoms with Crippen LogP contribution in [0.25, 0.3) is 10.8 Å². The molecule has 0 atom stereocenters. The molecule has 2 rings (SSSR count). The summed E-state index contributed by atoms with van der Waals surface area (Å²) in [6.07, 6.45) is 0. The first-order valence-corrected chi connectivity index (χ1v) is 9.47. The van der Waals surface area contributed by atoms with Crippen LogP contribution in [0.2, 0.25) is 24.7 Å². The molecule has 0 amide bonds. The van der Waals surface area contributed by atoms with Gasteiger partial charge in [0, 0.05) is 5.02 Å². The van der Waals surface area contributed by atoms with E-state index in [4.69, 9.17) is 11.6 Å². The highest BCUT2D eigenvalue weighted by molar-refractivity contribution is 6.90. The summed E-state index contributed by atoms with van der Waals surface area (Å²) in [6, 6.07) is 10.8. The molecule has 0 spiro atoms. The smallest absolute Gasteiger partial charge is 0.0795 e. The minimum Gasteiger partial charge on any atom is -0.0844 e. The maximum Gasteiger partial charge on any atom is 0.0795 e. The Morgan fingerprint density at radius 1 is 1.06 bits per heavy atom. The molecule has 0 saturated heterocycles. The standard InChI is InChI=1S/C14H17ClSi/c1-10-6-5-7-11-8-14(16(2,3)4)13(15)9-12(10)11/h5-9H,1-4H3. The van der Waals surface area contributed by atoms with Gasteiger partial charge in [0.05, 0.1) is 8.07 Å². The van der Waals surface area contributed by atoms with Crippen molar-refractivity contribution < 1.29 is 0 Å². The lowest BCUT2D eigenvalue weighted by molar-refractivity contribution is 1.53. The van der Waals surface area contributed by atoms with Crippen molar-refractivity contribution in [2.45, 2.75) is 26.6 Å². The van der Waals surface area contributed by atoms with Gasteiger partial charge < -0.3 is 0 Å². The third kappa shape index (κ3) is 2.02. The summed E-state index contributed by atoms with van der Waals surface area (Å²) < 4.78 is 0. The van der Waals surface area contributed by atoms with Crippen LogP contribution in [0.4, 0.5) is 0 Å². The lowest BCUT2D eigenvalue weighted by Gasteiger charge is -2.19. The number of fused-ring (bicyclic) bond motifs is 1. The lowest BCUT2D eigenvalue weighted by Crippen LogP contribution is -2.38. The van der Waals surface area contributed by atoms with Gasteiger partial charge in [0.25, 0.3) is 0 Å². The summed E-state index contributed by atoms with van der Waals surface area (Å²) >= 11 is 6.39. The van der Waals surface area contributed by atoms with Crippen LogP contribution in [-0.4, -0.2) is 8.07 Å². The zero-order chi connectivity index (χ0) is 11.9. The summed E-state index contributed by atoms with van der Waals surface area (Å²) in [6.45, 7) is 9.12. The summed E-state index contributed by atoms with van der Waals surface area (Å²) in [5.74, 6) is 0. The van der Waals surface area contributed by atoms with Crippen LogP contribution in [0, 0.1) is 6.92 Å². The molecule has 0 aliphatic carbocycles. The Kier molecular flexibility index (Phi) is 2.85. The second kappa shape index (κ2) is 3.90. The first-order valence-electron chi connectivity index (χ1n) is 5.59. The highest BCUT2D eigenvalue weighted by Gasteiger charge is 2.20. The molecule has 0 saturated carbocycles. The Labute approximate surface area is 103 Å². The van der Waals surface area contributed by atoms with Crippen molar-refractivity contribution in [2.75, 3.05) is 0 Å². The molecule has 2 heteroatoms. The lowest BCUT2D eigenvalue weighted by atomic mass is 10.1. The van der Waals surface area contributed by atoms with Gasteiger partial charge in [-0.25, -0.2) is 0 Å². The van der Waals surface area contributed by atoms with Gasteiger partial charge in [0.1, 0.15) is 0 Å². The van der Waals surface area contributed by atoms with Crippen LogP contribution in [0.1, 0.15) is 5.56 Å². The van der Waals surface area contributed by atoms with Crippen molar-refractivity contribution >= 4 is 35.6 Å². The molecule has 0 fully saturated rings. The zero-order valence-corrected chi connectivity index (χ0v) is 12.0. The second-order valence-corrected chi connectivity index (χ2v) is 10.8. The van der Waals surface area contributed by atoms with E-state index in [9.17, 15) is 0 Å². The normalized spacial score (nSPS) is 12.1. The number of benzene rings is 2. The van der Waals surface area contributed by atoms with Crippen molar-refractivity contribution in [3.8, 4) is 0 Å². The van der Waals surface area contributed by atoms with Crippen molar-refractivity contribution in [2.24, 2.45) is 0 Å². The molecule has 2 aromatic rings. The average Bonchev–Trinajstić information content (AvgIpc) is 2.17. The van der Waals surface area contributed by atoms with Crippen molar-refractivity contribution in [1.82, 2.24) is 0 Å². The fourth-order valence-electron chi connectivity index (χ4n) is 2.03. The average molecular weight is 249 g/mol. The van der Waals surface area contributed by atoms with Crippen LogP contribution in [0.15, 0.2) is 30.3 Å². The van der Waals surface area contributed by atoms with E-state index in [1.807, 2.05) is 0 Å². The largest absolute Gasteiger partial charge is 0.0844 e. The van der Waals surface area contributed by atoms with E-state index < -0.39 is 8.07 Å². The minimum absolute atomic E-state index is 0.931. The Balaban J connectivity index is 2.78. The van der Waals surface area contributed by atoms with Crippen molar-refractivity contribution in [3.63, 3.8) is 0 Å². The number of aryl methyl sites for hydroxylation is 1. The molecule has 0 aliphatic heterocycles. The first kappa shape index (κ1) is 11.7. The van der Waals surface area contributed by atoms with Crippen molar-refractivity contribution in [1.29, 1.82) is 0 Å². The summed E-state index contributed by atoms with van der Waals surface area (Å²) in [5.41, 5.74) is 1.29. The first-order chi connectivity index (χ1) is 7.39. The number of rotatable bonds is 1. The molecule has 0 aromatic heterocycles. The SMILES string of the molecule is Cc1cccc2cc([Si](C)(C)C)c(Cl)cc12. The van der Waals surface area contributed by atoms with E-state index in [0.29, 0.717) is 0 Å². The number of hydrogen-bond acceptors (Lipinski definition) is 0. The Hall–Kier alpha value is -0.793. The molecular formula is C14H17ClSi. The highest BCUT2D eigenvalue weighted by atomic mass is 35.5. The van der Waals surface area contributed by atoms with Crippen LogP contribution in [0.3, 0.4) is 0 Å². The van der Waals surface area contributed by atoms with Crippen LogP contribution >= 0.6 is 11.6 Å². The van der Waals surface area contributed by atoms with E-state index in [2.05, 4.69) is 56.9 Å². The van der Waals surface area contributed by atoms with E-state index in [0.717, 1.165) is 5.02 Å². The van der Waals surface area contributed by atoms with E-state index >= 15 is 0 Å². The molecule has 0 heterocycles. The Morgan fingerprint density at radius 2 is 1.75 bits per heavy atom. The number of hydrogen-bond donors (Lipinski definition) is 0. The van der Waals surface area contributed by atoms with E-state index in [-0.39, 0.29) is 0 Å². The van der Waals surface area contributed by atoms with Gasteiger partial charge in [-0.05, 0) is 34.5 Å². The molecule has 0 bridgehead atoms. The van der Waals surface area contributed by atoms with E-state index in [1.165, 1.54) is 21.5 Å². The van der Waals surface area contributed by atoms with Crippen LogP contribution < -0.4 is 5.19 Å². The van der Waals surface area contributed by atoms with Gasteiger partial charge >= 0.3 is 0 Å². The van der Waals surface area contributed by atoms with Crippen LogP contribution in [-0.2, 0) is 0 Å². The summed E-state index contributed by atoms with van der Waals surface area (Å²) in [4.78, 5) is 0. The third-order valence-corrected chi connectivity index (χ3v) is 5.49. The van der Waals surface area contributed by atoms with Gasteiger partial charge in [-0.2, -0.15) is 0 Å². The van der Waals surface area contributed by atoms with Crippen molar-refractivity contribution in [3.05, 3.63) is 40.9 Å². The zero-order valence-electron chi connectivity index (χ0n) is 10.3. The monoisotopic (exact) mass is 248 g/mol. The quantitative estimate of drug-likeness (QED) is 0.659. The Bertz CT molecular complexity index is 538. The molecule has 0 aliphatic rings. The predicted octanol–water partition coefficient (Wildman–Crippen LogP) is 4.35. The third-order valence-electron chi connectivity index (χ3n) is 2.99. The highest BCUT2D eigenvalue weighted by Crippen LogP contribution is 2.23. The predicted molar refractivity (Wildman–Crippen MR) is 76.7 cm³/mol. The second-order valence-electron chi connectivity index (χ2n) is 5.38. The topological polar surface area (TPSA) is 0 Å². The van der Waals surface area contributed by atoms with Gasteiger partial charge in [0.15, 0.2) is 0 Å². The number of halogens is 1. The maximum absolute atomic E-state index is 6.39. The molecule has 16 heavy (non-hydrogen) atoms. The van der Waals surface area contributed by atoms with Gasteiger partial charge in [0.2, 0.25) is 0 Å². The fourth-order valence-corrected chi connectivity index (χ4v) is 4.42. The van der Waals surface area contributed by atoms with E-state index in [1.54, 1.807) is 0 Å². The molecule has 0 nitrogen and oxygen atoms in total. The summed E-state index contributed by atoms with van der Waals surface area (Å²) in [7, 11) is -1.34. The fraction of sp³-hybridized carbons (Fsp3) is 0.286. The molecular weight excluding hydrogens is 232 g/mol.